The summed E-state index contributed by atoms with van der Waals surface area (Å²) < 4.78 is 0. The smallest absolute Gasteiger partial charge is 0.326 e. The molecule has 29 nitrogen and oxygen atoms in total. The molecular weight excluding hydrogens is 961 g/mol. The van der Waals surface area contributed by atoms with E-state index in [1.54, 1.807) is 13.8 Å². The molecule has 0 aromatic heterocycles. The maximum Gasteiger partial charge on any atom is 0.326 e. The number of primary amides is 2. The molecule has 0 spiro atoms. The van der Waals surface area contributed by atoms with E-state index >= 15 is 0 Å². The van der Waals surface area contributed by atoms with Gasteiger partial charge in [-0.05, 0) is 58.3 Å². The Balaban J connectivity index is 3.25. The first kappa shape index (κ1) is 62.2. The zero-order valence-corrected chi connectivity index (χ0v) is 40.9. The third-order valence-electron chi connectivity index (χ3n) is 11.2. The molecule has 1 rings (SSSR count). The summed E-state index contributed by atoms with van der Waals surface area (Å²) >= 11 is 4.23. The normalized spacial score (nSPS) is 17.3. The SMILES string of the molecule is CC[C@H](C)[C@H](NC(=O)[C@@H](N)[C@@H](C)O)C(=O)N[C@@H](CS)C(=O)N1CCC[C@H]1C(=O)N[C@@H](CCC(N)=O)C(=O)N[C@@H](C)C(=O)N[C@@H](CCC(=O)O)C(=O)N[C@@H](CC(N)=O)C(=O)N[C@@H](CCCN=C(N)N)C(=O)O. The number of likely N-dealkylation sites (tertiary alicyclic amines) is 1. The molecule has 0 bridgehead atoms. The van der Waals surface area contributed by atoms with E-state index < -0.39 is 170 Å². The molecule has 1 aliphatic heterocycles. The van der Waals surface area contributed by atoms with Gasteiger partial charge >= 0.3 is 11.9 Å². The summed E-state index contributed by atoms with van der Waals surface area (Å²) in [5.74, 6) is -13.5. The first-order valence-corrected chi connectivity index (χ1v) is 23.3. The summed E-state index contributed by atoms with van der Waals surface area (Å²) in [5, 5.41) is 45.2. The van der Waals surface area contributed by atoms with Gasteiger partial charge in [-0.15, -0.1) is 0 Å². The standard InChI is InChI=1S/C41H70N14O15S/c1-5-18(2)31(54-37(66)30(44)20(4)56)38(67)53-25(17-71)39(68)55-15-7-9-26(55)36(65)50-21(10-12-27(42)57)33(62)48-19(3)32(61)49-22(11-13-29(59)60)34(63)52-24(16-28(43)58)35(64)51-23(40(69)70)8-6-14-47-41(45)46/h18-26,30-31,56,71H,5-17,44H2,1-4H3,(H2,42,57)(H2,43,58)(H,48,62)(H,49,61)(H,50,65)(H,51,64)(H,52,63)(H,53,67)(H,54,66)(H,59,60)(H,69,70)(H4,45,46,47)/t18-,19-,20+,21-,22-,23-,24-,25-,26-,30-,31-/m0/s1. The number of thiol groups is 1. The molecule has 1 aliphatic rings. The quantitative estimate of drug-likeness (QED) is 0.0129. The Hall–Kier alpha value is -6.82. The van der Waals surface area contributed by atoms with Crippen molar-refractivity contribution in [2.24, 2.45) is 39.6 Å². The lowest BCUT2D eigenvalue weighted by Gasteiger charge is -2.31. The lowest BCUT2D eigenvalue weighted by molar-refractivity contribution is -0.142. The van der Waals surface area contributed by atoms with Gasteiger partial charge in [-0.2, -0.15) is 12.6 Å². The number of carbonyl (C=O) groups is 12. The Morgan fingerprint density at radius 1 is 0.676 bits per heavy atom. The number of hydrogen-bond acceptors (Lipinski definition) is 16. The minimum absolute atomic E-state index is 0.00772. The van der Waals surface area contributed by atoms with Gasteiger partial charge in [0, 0.05) is 31.7 Å². The first-order chi connectivity index (χ1) is 33.1. The molecule has 1 heterocycles. The van der Waals surface area contributed by atoms with E-state index in [-0.39, 0.29) is 44.1 Å². The molecular formula is C41H70N14O15S. The van der Waals surface area contributed by atoms with Crippen LogP contribution in [0.4, 0.5) is 0 Å². The number of carboxylic acids is 2. The van der Waals surface area contributed by atoms with Gasteiger partial charge in [0.15, 0.2) is 5.96 Å². The van der Waals surface area contributed by atoms with Crippen LogP contribution in [0.1, 0.15) is 91.9 Å². The van der Waals surface area contributed by atoms with Crippen molar-refractivity contribution in [3.8, 4) is 0 Å². The van der Waals surface area contributed by atoms with Crippen LogP contribution in [0.2, 0.25) is 0 Å². The van der Waals surface area contributed by atoms with Crippen LogP contribution in [0.25, 0.3) is 0 Å². The second-order valence-corrected chi connectivity index (χ2v) is 17.3. The molecule has 0 aromatic carbocycles. The number of aliphatic imine (C=N–C) groups is 1. The summed E-state index contributed by atoms with van der Waals surface area (Å²) in [6.45, 7) is 5.93. The van der Waals surface area contributed by atoms with E-state index in [0.29, 0.717) is 12.8 Å². The second kappa shape index (κ2) is 30.7. The number of nitrogens with one attached hydrogen (secondary N) is 7. The number of aliphatic hydroxyl groups is 1. The van der Waals surface area contributed by atoms with Crippen molar-refractivity contribution < 1.29 is 72.9 Å². The Morgan fingerprint density at radius 3 is 1.76 bits per heavy atom. The number of hydrogen-bond donors (Lipinski definition) is 16. The van der Waals surface area contributed by atoms with E-state index in [1.165, 1.54) is 6.92 Å². The summed E-state index contributed by atoms with van der Waals surface area (Å²) in [6.07, 6.45) is -3.52. The van der Waals surface area contributed by atoms with Crippen molar-refractivity contribution in [3.63, 3.8) is 0 Å². The fourth-order valence-electron chi connectivity index (χ4n) is 6.87. The van der Waals surface area contributed by atoms with Gasteiger partial charge < -0.3 is 86.1 Å². The molecule has 1 fully saturated rings. The topological polar surface area (TPSA) is 495 Å². The van der Waals surface area contributed by atoms with Gasteiger partial charge in [0.05, 0.1) is 12.5 Å². The van der Waals surface area contributed by atoms with Crippen LogP contribution in [0.3, 0.4) is 0 Å². The van der Waals surface area contributed by atoms with Crippen LogP contribution in [0.5, 0.6) is 0 Å². The minimum Gasteiger partial charge on any atom is -0.481 e. The number of carboxylic acid groups (broad SMARTS) is 2. The molecule has 0 aromatic rings. The third kappa shape index (κ3) is 21.8. The molecule has 400 valence electrons. The number of aliphatic carboxylic acids is 2. The van der Waals surface area contributed by atoms with Gasteiger partial charge in [0.25, 0.3) is 0 Å². The monoisotopic (exact) mass is 1030 g/mol. The number of rotatable bonds is 32. The maximum atomic E-state index is 13.9. The zero-order chi connectivity index (χ0) is 54.3. The van der Waals surface area contributed by atoms with Gasteiger partial charge in [-0.3, -0.25) is 57.7 Å². The molecule has 0 radical (unpaired) electrons. The summed E-state index contributed by atoms with van der Waals surface area (Å²) in [6, 6.07) is -13.2. The maximum absolute atomic E-state index is 13.9. The Labute approximate surface area is 414 Å². The predicted octanol–water partition coefficient (Wildman–Crippen LogP) is -6.78. The number of aliphatic hydroxyl groups excluding tert-OH is 1. The van der Waals surface area contributed by atoms with Crippen molar-refractivity contribution >= 4 is 89.6 Å². The van der Waals surface area contributed by atoms with Crippen LogP contribution in [0, 0.1) is 5.92 Å². The minimum atomic E-state index is -1.81. The zero-order valence-electron chi connectivity index (χ0n) is 40.0. The van der Waals surface area contributed by atoms with E-state index in [0.717, 1.165) is 11.8 Å². The highest BCUT2D eigenvalue weighted by Gasteiger charge is 2.40. The molecule has 30 heteroatoms. The average molecular weight is 1030 g/mol. The van der Waals surface area contributed by atoms with Gasteiger partial charge in [-0.25, -0.2) is 4.79 Å². The van der Waals surface area contributed by atoms with Crippen LogP contribution in [-0.2, 0) is 57.5 Å². The van der Waals surface area contributed by atoms with Crippen molar-refractivity contribution in [2.45, 2.75) is 152 Å². The molecule has 10 amide bonds. The number of nitrogens with zero attached hydrogens (tertiary/aromatic N) is 2. The second-order valence-electron chi connectivity index (χ2n) is 16.9. The van der Waals surface area contributed by atoms with Gasteiger partial charge in [0.1, 0.15) is 54.4 Å². The highest BCUT2D eigenvalue weighted by molar-refractivity contribution is 7.80. The molecule has 0 saturated carbocycles. The number of nitrogens with two attached hydrogens (primary N) is 5. The van der Waals surface area contributed by atoms with E-state index in [9.17, 15) is 72.9 Å². The fourth-order valence-corrected chi connectivity index (χ4v) is 7.12. The molecule has 0 aliphatic carbocycles. The predicted molar refractivity (Wildman–Crippen MR) is 254 cm³/mol. The lowest BCUT2D eigenvalue weighted by Crippen LogP contribution is -2.61. The fraction of sp³-hybridized carbons (Fsp3) is 0.683. The van der Waals surface area contributed by atoms with Crippen molar-refractivity contribution in [3.05, 3.63) is 0 Å². The molecule has 0 unspecified atom stereocenters. The van der Waals surface area contributed by atoms with E-state index in [4.69, 9.17) is 28.7 Å². The number of guanidine groups is 1. The Kier molecular flexibility index (Phi) is 26.9. The van der Waals surface area contributed by atoms with Crippen LogP contribution in [-0.4, -0.2) is 177 Å². The highest BCUT2D eigenvalue weighted by atomic mass is 32.1. The number of amides is 10. The van der Waals surface area contributed by atoms with E-state index in [1.807, 2.05) is 0 Å². The summed E-state index contributed by atoms with van der Waals surface area (Å²) in [4.78, 5) is 160. The number of carbonyl (C=O) groups excluding carboxylic acids is 10. The molecule has 1 saturated heterocycles. The average Bonchev–Trinajstić information content (AvgIpc) is 3.79. The van der Waals surface area contributed by atoms with Crippen molar-refractivity contribution in [1.29, 1.82) is 0 Å². The largest absolute Gasteiger partial charge is 0.481 e. The summed E-state index contributed by atoms with van der Waals surface area (Å²) in [7, 11) is 0. The molecule has 11 atom stereocenters. The molecule has 20 N–H and O–H groups in total. The third-order valence-corrected chi connectivity index (χ3v) is 11.6. The summed E-state index contributed by atoms with van der Waals surface area (Å²) in [5.41, 5.74) is 26.9. The van der Waals surface area contributed by atoms with Crippen LogP contribution in [0.15, 0.2) is 4.99 Å². The lowest BCUT2D eigenvalue weighted by atomic mass is 9.97. The van der Waals surface area contributed by atoms with Crippen LogP contribution >= 0.6 is 12.6 Å². The van der Waals surface area contributed by atoms with Gasteiger partial charge in [0.2, 0.25) is 59.1 Å². The highest BCUT2D eigenvalue weighted by Crippen LogP contribution is 2.20. The van der Waals surface area contributed by atoms with Gasteiger partial charge in [-0.1, -0.05) is 20.3 Å². The Bertz CT molecular complexity index is 1970. The van der Waals surface area contributed by atoms with Crippen molar-refractivity contribution in [1.82, 2.24) is 42.1 Å². The Morgan fingerprint density at radius 2 is 1.23 bits per heavy atom. The molecule has 71 heavy (non-hydrogen) atoms. The first-order valence-electron chi connectivity index (χ1n) is 22.7. The van der Waals surface area contributed by atoms with E-state index in [2.05, 4.69) is 54.8 Å². The van der Waals surface area contributed by atoms with Crippen LogP contribution < -0.4 is 65.9 Å². The van der Waals surface area contributed by atoms with Crippen molar-refractivity contribution in [2.75, 3.05) is 18.8 Å².